The molecule has 0 N–H and O–H groups in total. The number of alkyl halides is 1. The van der Waals surface area contributed by atoms with Gasteiger partial charge in [0.2, 0.25) is 0 Å². The molecular weight excluding hydrogens is 285 g/mol. The van der Waals surface area contributed by atoms with E-state index in [1.54, 1.807) is 6.20 Å². The first-order chi connectivity index (χ1) is 8.29. The van der Waals surface area contributed by atoms with Crippen LogP contribution in [0.3, 0.4) is 0 Å². The maximum atomic E-state index is 12.9. The summed E-state index contributed by atoms with van der Waals surface area (Å²) < 4.78 is 18.5. The van der Waals surface area contributed by atoms with Gasteiger partial charge in [-0.3, -0.25) is 4.98 Å². The summed E-state index contributed by atoms with van der Waals surface area (Å²) in [6, 6.07) is 9.15. The summed E-state index contributed by atoms with van der Waals surface area (Å²) in [4.78, 5) is 3.77. The summed E-state index contributed by atoms with van der Waals surface area (Å²) in [5.41, 5.74) is 1.78. The molecule has 2 rings (SSSR count). The van der Waals surface area contributed by atoms with Crippen LogP contribution in [0.25, 0.3) is 0 Å². The highest BCUT2D eigenvalue weighted by Crippen LogP contribution is 2.21. The first-order valence-electron chi connectivity index (χ1n) is 5.15. The number of aromatic nitrogens is 1. The Labute approximate surface area is 108 Å². The van der Waals surface area contributed by atoms with Crippen molar-refractivity contribution in [2.45, 2.75) is 11.9 Å². The van der Waals surface area contributed by atoms with E-state index in [-0.39, 0.29) is 5.82 Å². The number of nitrogens with zero attached hydrogens (tertiary/aromatic N) is 1. The quantitative estimate of drug-likeness (QED) is 0.803. The second kappa shape index (κ2) is 5.77. The van der Waals surface area contributed by atoms with Crippen molar-refractivity contribution in [3.05, 3.63) is 59.7 Å². The Morgan fingerprint density at radius 2 is 2.06 bits per heavy atom. The van der Waals surface area contributed by atoms with Gasteiger partial charge in [-0.2, -0.15) is 0 Å². The van der Waals surface area contributed by atoms with Gasteiger partial charge in [0.05, 0.1) is 6.20 Å². The minimum atomic E-state index is -0.347. The lowest BCUT2D eigenvalue weighted by molar-refractivity contribution is 0.303. The molecule has 2 aromatic rings. The van der Waals surface area contributed by atoms with Gasteiger partial charge in [0.15, 0.2) is 0 Å². The minimum Gasteiger partial charge on any atom is -0.489 e. The molecule has 4 heteroatoms. The van der Waals surface area contributed by atoms with Crippen molar-refractivity contribution in [2.24, 2.45) is 0 Å². The zero-order chi connectivity index (χ0) is 12.1. The van der Waals surface area contributed by atoms with Crippen molar-refractivity contribution in [2.75, 3.05) is 0 Å². The molecule has 0 spiro atoms. The standard InChI is InChI=1S/C13H11BrFNO/c14-6-11-3-1-2-4-13(11)17-9-10-5-12(15)8-16-7-10/h1-5,7-8H,6,9H2. The normalized spacial score (nSPS) is 10.2. The zero-order valence-corrected chi connectivity index (χ0v) is 10.7. The van der Waals surface area contributed by atoms with Gasteiger partial charge in [-0.15, -0.1) is 0 Å². The van der Waals surface area contributed by atoms with E-state index in [1.165, 1.54) is 12.3 Å². The Morgan fingerprint density at radius 3 is 2.82 bits per heavy atom. The SMILES string of the molecule is Fc1cncc(COc2ccccc2CBr)c1. The van der Waals surface area contributed by atoms with E-state index in [9.17, 15) is 4.39 Å². The van der Waals surface area contributed by atoms with Gasteiger partial charge in [0, 0.05) is 22.7 Å². The molecule has 0 unspecified atom stereocenters. The number of hydrogen-bond acceptors (Lipinski definition) is 2. The van der Waals surface area contributed by atoms with E-state index in [0.717, 1.165) is 22.2 Å². The average Bonchev–Trinajstić information content (AvgIpc) is 2.37. The summed E-state index contributed by atoms with van der Waals surface area (Å²) in [5.74, 6) is 0.452. The van der Waals surface area contributed by atoms with Crippen molar-refractivity contribution in [1.82, 2.24) is 4.98 Å². The molecule has 0 aliphatic rings. The van der Waals surface area contributed by atoms with Gasteiger partial charge in [-0.1, -0.05) is 34.1 Å². The fraction of sp³-hybridized carbons (Fsp3) is 0.154. The molecule has 0 fully saturated rings. The molecule has 0 amide bonds. The smallest absolute Gasteiger partial charge is 0.141 e. The molecule has 17 heavy (non-hydrogen) atoms. The molecular formula is C13H11BrFNO. The van der Waals surface area contributed by atoms with Gasteiger partial charge in [-0.05, 0) is 12.1 Å². The lowest BCUT2D eigenvalue weighted by Gasteiger charge is -2.09. The third-order valence-corrected chi connectivity index (χ3v) is 2.88. The Hall–Kier alpha value is -1.42. The van der Waals surface area contributed by atoms with Crippen LogP contribution in [-0.2, 0) is 11.9 Å². The lowest BCUT2D eigenvalue weighted by atomic mass is 10.2. The molecule has 0 aliphatic carbocycles. The van der Waals surface area contributed by atoms with Crippen LogP contribution < -0.4 is 4.74 Å². The number of halogens is 2. The molecule has 1 aromatic carbocycles. The van der Waals surface area contributed by atoms with Crippen LogP contribution in [0, 0.1) is 5.82 Å². The minimum absolute atomic E-state index is 0.314. The third kappa shape index (κ3) is 3.27. The number of rotatable bonds is 4. The molecule has 1 heterocycles. The first-order valence-corrected chi connectivity index (χ1v) is 6.28. The predicted molar refractivity (Wildman–Crippen MR) is 67.6 cm³/mol. The summed E-state index contributed by atoms with van der Waals surface area (Å²) in [5, 5.41) is 0.727. The highest BCUT2D eigenvalue weighted by atomic mass is 79.9. The van der Waals surface area contributed by atoms with Gasteiger partial charge in [-0.25, -0.2) is 4.39 Å². The lowest BCUT2D eigenvalue weighted by Crippen LogP contribution is -1.98. The third-order valence-electron chi connectivity index (χ3n) is 2.27. The predicted octanol–water partition coefficient (Wildman–Crippen LogP) is 3.69. The van der Waals surface area contributed by atoms with Crippen LogP contribution in [0.2, 0.25) is 0 Å². The number of pyridine rings is 1. The second-order valence-electron chi connectivity index (χ2n) is 3.54. The van der Waals surface area contributed by atoms with Gasteiger partial charge >= 0.3 is 0 Å². The van der Waals surface area contributed by atoms with Crippen LogP contribution in [0.1, 0.15) is 11.1 Å². The highest BCUT2D eigenvalue weighted by Gasteiger charge is 2.02. The molecule has 88 valence electrons. The number of benzene rings is 1. The molecule has 0 saturated heterocycles. The van der Waals surface area contributed by atoms with Crippen molar-refractivity contribution in [3.63, 3.8) is 0 Å². The Kier molecular flexibility index (Phi) is 4.09. The van der Waals surface area contributed by atoms with Crippen LogP contribution >= 0.6 is 15.9 Å². The fourth-order valence-electron chi connectivity index (χ4n) is 1.45. The van der Waals surface area contributed by atoms with Crippen LogP contribution in [0.15, 0.2) is 42.7 Å². The Morgan fingerprint density at radius 1 is 1.24 bits per heavy atom. The van der Waals surface area contributed by atoms with Crippen molar-refractivity contribution < 1.29 is 9.13 Å². The van der Waals surface area contributed by atoms with E-state index >= 15 is 0 Å². The molecule has 0 atom stereocenters. The highest BCUT2D eigenvalue weighted by molar-refractivity contribution is 9.08. The van der Waals surface area contributed by atoms with E-state index in [0.29, 0.717) is 6.61 Å². The fourth-order valence-corrected chi connectivity index (χ4v) is 1.91. The summed E-state index contributed by atoms with van der Waals surface area (Å²) >= 11 is 3.39. The van der Waals surface area contributed by atoms with Crippen molar-refractivity contribution in [3.8, 4) is 5.75 Å². The molecule has 0 saturated carbocycles. The average molecular weight is 296 g/mol. The van der Waals surface area contributed by atoms with E-state index in [1.807, 2.05) is 24.3 Å². The van der Waals surface area contributed by atoms with Gasteiger partial charge in [0.1, 0.15) is 18.2 Å². The second-order valence-corrected chi connectivity index (χ2v) is 4.10. The monoisotopic (exact) mass is 295 g/mol. The first kappa shape index (κ1) is 12.0. The summed E-state index contributed by atoms with van der Waals surface area (Å²) in [6.45, 7) is 0.314. The Bertz CT molecular complexity index is 504. The van der Waals surface area contributed by atoms with Crippen molar-refractivity contribution >= 4 is 15.9 Å². The van der Waals surface area contributed by atoms with Crippen LogP contribution in [0.5, 0.6) is 5.75 Å². The molecule has 2 nitrogen and oxygen atoms in total. The molecule has 0 radical (unpaired) electrons. The van der Waals surface area contributed by atoms with E-state index in [4.69, 9.17) is 4.74 Å². The van der Waals surface area contributed by atoms with Crippen LogP contribution in [-0.4, -0.2) is 4.98 Å². The van der Waals surface area contributed by atoms with Gasteiger partial charge < -0.3 is 4.74 Å². The maximum Gasteiger partial charge on any atom is 0.141 e. The topological polar surface area (TPSA) is 22.1 Å². The van der Waals surface area contributed by atoms with Crippen molar-refractivity contribution in [1.29, 1.82) is 0 Å². The maximum absolute atomic E-state index is 12.9. The largest absolute Gasteiger partial charge is 0.489 e. The zero-order valence-electron chi connectivity index (χ0n) is 9.07. The van der Waals surface area contributed by atoms with Gasteiger partial charge in [0.25, 0.3) is 0 Å². The number of para-hydroxylation sites is 1. The summed E-state index contributed by atoms with van der Waals surface area (Å²) in [7, 11) is 0. The van der Waals surface area contributed by atoms with E-state index < -0.39 is 0 Å². The van der Waals surface area contributed by atoms with E-state index in [2.05, 4.69) is 20.9 Å². The Balaban J connectivity index is 2.07. The number of hydrogen-bond donors (Lipinski definition) is 0. The molecule has 1 aromatic heterocycles. The molecule has 0 aliphatic heterocycles. The summed E-state index contributed by atoms with van der Waals surface area (Å²) in [6.07, 6.45) is 2.77. The molecule has 0 bridgehead atoms. The number of ether oxygens (including phenoxy) is 1. The van der Waals surface area contributed by atoms with Crippen LogP contribution in [0.4, 0.5) is 4.39 Å².